The number of hydrogen-bond acceptors (Lipinski definition) is 2. The first-order valence-electron chi connectivity index (χ1n) is 5.39. The van der Waals surface area contributed by atoms with Crippen LogP contribution in [0.5, 0.6) is 0 Å². The number of likely N-dealkylation sites (N-methyl/N-ethyl adjacent to an activating group) is 1. The molecule has 0 amide bonds. The topological polar surface area (TPSA) is 29.3 Å². The summed E-state index contributed by atoms with van der Waals surface area (Å²) >= 11 is 0. The Hall–Kier alpha value is -1.02. The van der Waals surface area contributed by atoms with E-state index in [0.717, 1.165) is 0 Å². The van der Waals surface area contributed by atoms with E-state index in [1.807, 2.05) is 0 Å². The standard InChI is InChI=1S/C13H22N2/c1-10-6-11(2)8-12(7-10)15(5)13(3,4)9-14/h6-8H,9,14H2,1-5H3. The molecule has 1 aromatic carbocycles. The molecule has 0 fully saturated rings. The first-order valence-corrected chi connectivity index (χ1v) is 5.39. The Balaban J connectivity index is 3.06. The Bertz CT molecular complexity index is 322. The number of anilines is 1. The van der Waals surface area contributed by atoms with Crippen molar-refractivity contribution < 1.29 is 0 Å². The fourth-order valence-electron chi connectivity index (χ4n) is 1.63. The van der Waals surface area contributed by atoms with Crippen LogP contribution in [-0.4, -0.2) is 19.1 Å². The van der Waals surface area contributed by atoms with Crippen LogP contribution < -0.4 is 10.6 Å². The second-order valence-corrected chi connectivity index (χ2v) is 4.92. The number of benzene rings is 1. The molecule has 1 rings (SSSR count). The summed E-state index contributed by atoms with van der Waals surface area (Å²) in [4.78, 5) is 2.24. The van der Waals surface area contributed by atoms with Gasteiger partial charge in [0.1, 0.15) is 0 Å². The molecule has 2 N–H and O–H groups in total. The highest BCUT2D eigenvalue weighted by atomic mass is 15.2. The van der Waals surface area contributed by atoms with E-state index in [0.29, 0.717) is 6.54 Å². The van der Waals surface area contributed by atoms with Crippen LogP contribution in [0.2, 0.25) is 0 Å². The third-order valence-electron chi connectivity index (χ3n) is 3.00. The Morgan fingerprint density at radius 1 is 1.13 bits per heavy atom. The van der Waals surface area contributed by atoms with Gasteiger partial charge in [0.15, 0.2) is 0 Å². The molecule has 1 aromatic rings. The van der Waals surface area contributed by atoms with E-state index in [-0.39, 0.29) is 5.54 Å². The lowest BCUT2D eigenvalue weighted by atomic mass is 10.0. The van der Waals surface area contributed by atoms with Gasteiger partial charge in [0.05, 0.1) is 0 Å². The van der Waals surface area contributed by atoms with Gasteiger partial charge in [-0.15, -0.1) is 0 Å². The van der Waals surface area contributed by atoms with Gasteiger partial charge in [0.25, 0.3) is 0 Å². The number of aryl methyl sites for hydroxylation is 2. The van der Waals surface area contributed by atoms with Gasteiger partial charge in [-0.1, -0.05) is 6.07 Å². The number of hydrogen-bond donors (Lipinski definition) is 1. The smallest absolute Gasteiger partial charge is 0.0464 e. The van der Waals surface area contributed by atoms with Crippen LogP contribution in [0.1, 0.15) is 25.0 Å². The van der Waals surface area contributed by atoms with Crippen molar-refractivity contribution in [2.24, 2.45) is 5.73 Å². The highest BCUT2D eigenvalue weighted by molar-refractivity contribution is 5.52. The third-order valence-corrected chi connectivity index (χ3v) is 3.00. The van der Waals surface area contributed by atoms with E-state index in [1.165, 1.54) is 16.8 Å². The van der Waals surface area contributed by atoms with Crippen molar-refractivity contribution in [2.45, 2.75) is 33.2 Å². The van der Waals surface area contributed by atoms with Gasteiger partial charge >= 0.3 is 0 Å². The fourth-order valence-corrected chi connectivity index (χ4v) is 1.63. The Kier molecular flexibility index (Phi) is 3.40. The first-order chi connectivity index (χ1) is 6.86. The number of nitrogens with two attached hydrogens (primary N) is 1. The lowest BCUT2D eigenvalue weighted by Crippen LogP contribution is -2.47. The molecule has 0 aliphatic heterocycles. The lowest BCUT2D eigenvalue weighted by molar-refractivity contribution is 0.498. The number of rotatable bonds is 3. The summed E-state index contributed by atoms with van der Waals surface area (Å²) in [6.07, 6.45) is 0. The zero-order chi connectivity index (χ0) is 11.6. The van der Waals surface area contributed by atoms with Crippen LogP contribution in [-0.2, 0) is 0 Å². The predicted molar refractivity (Wildman–Crippen MR) is 67.5 cm³/mol. The van der Waals surface area contributed by atoms with Crippen molar-refractivity contribution in [3.8, 4) is 0 Å². The summed E-state index contributed by atoms with van der Waals surface area (Å²) in [7, 11) is 2.10. The van der Waals surface area contributed by atoms with Gasteiger partial charge in [-0.05, 0) is 51.0 Å². The molecule has 0 atom stereocenters. The van der Waals surface area contributed by atoms with Gasteiger partial charge in [0.2, 0.25) is 0 Å². The maximum absolute atomic E-state index is 5.78. The fraction of sp³-hybridized carbons (Fsp3) is 0.538. The van der Waals surface area contributed by atoms with E-state index in [2.05, 4.69) is 57.8 Å². The molecule has 0 aromatic heterocycles. The normalized spacial score (nSPS) is 11.6. The average Bonchev–Trinajstić information content (AvgIpc) is 2.15. The average molecular weight is 206 g/mol. The van der Waals surface area contributed by atoms with Gasteiger partial charge in [0, 0.05) is 24.8 Å². The zero-order valence-corrected chi connectivity index (χ0v) is 10.5. The molecule has 0 unspecified atom stereocenters. The minimum absolute atomic E-state index is 0.000231. The maximum Gasteiger partial charge on any atom is 0.0464 e. The molecule has 0 saturated carbocycles. The third kappa shape index (κ3) is 2.72. The Morgan fingerprint density at radius 2 is 1.60 bits per heavy atom. The van der Waals surface area contributed by atoms with Crippen molar-refractivity contribution >= 4 is 5.69 Å². The molecule has 0 spiro atoms. The van der Waals surface area contributed by atoms with E-state index in [9.17, 15) is 0 Å². The summed E-state index contributed by atoms with van der Waals surface area (Å²) in [5.74, 6) is 0. The molecule has 0 aliphatic carbocycles. The second kappa shape index (κ2) is 4.23. The predicted octanol–water partition coefficient (Wildman–Crippen LogP) is 2.48. The van der Waals surface area contributed by atoms with Crippen LogP contribution >= 0.6 is 0 Å². The van der Waals surface area contributed by atoms with E-state index in [4.69, 9.17) is 5.73 Å². The van der Waals surface area contributed by atoms with Crippen LogP contribution in [0, 0.1) is 13.8 Å². The SMILES string of the molecule is Cc1cc(C)cc(N(C)C(C)(C)CN)c1. The molecular weight excluding hydrogens is 184 g/mol. The van der Waals surface area contributed by atoms with Crippen molar-refractivity contribution in [2.75, 3.05) is 18.5 Å². The molecule has 84 valence electrons. The summed E-state index contributed by atoms with van der Waals surface area (Å²) in [6.45, 7) is 9.21. The second-order valence-electron chi connectivity index (χ2n) is 4.92. The quantitative estimate of drug-likeness (QED) is 0.823. The van der Waals surface area contributed by atoms with Crippen molar-refractivity contribution in [1.82, 2.24) is 0 Å². The zero-order valence-electron chi connectivity index (χ0n) is 10.5. The van der Waals surface area contributed by atoms with Gasteiger partial charge in [-0.25, -0.2) is 0 Å². The molecule has 0 radical (unpaired) electrons. The number of nitrogens with zero attached hydrogens (tertiary/aromatic N) is 1. The minimum Gasteiger partial charge on any atom is -0.368 e. The van der Waals surface area contributed by atoms with Crippen molar-refractivity contribution in [3.63, 3.8) is 0 Å². The molecule has 0 heterocycles. The van der Waals surface area contributed by atoms with E-state index < -0.39 is 0 Å². The summed E-state index contributed by atoms with van der Waals surface area (Å²) in [6, 6.07) is 6.58. The highest BCUT2D eigenvalue weighted by Crippen LogP contribution is 2.23. The van der Waals surface area contributed by atoms with Crippen LogP contribution in [0.25, 0.3) is 0 Å². The van der Waals surface area contributed by atoms with E-state index >= 15 is 0 Å². The van der Waals surface area contributed by atoms with E-state index in [1.54, 1.807) is 0 Å². The largest absolute Gasteiger partial charge is 0.368 e. The van der Waals surface area contributed by atoms with Gasteiger partial charge < -0.3 is 10.6 Å². The molecule has 15 heavy (non-hydrogen) atoms. The van der Waals surface area contributed by atoms with Crippen LogP contribution in [0.15, 0.2) is 18.2 Å². The van der Waals surface area contributed by atoms with Crippen LogP contribution in [0.4, 0.5) is 5.69 Å². The van der Waals surface area contributed by atoms with Crippen LogP contribution in [0.3, 0.4) is 0 Å². The molecular formula is C13H22N2. The van der Waals surface area contributed by atoms with Crippen molar-refractivity contribution in [1.29, 1.82) is 0 Å². The Labute approximate surface area is 93.1 Å². The highest BCUT2D eigenvalue weighted by Gasteiger charge is 2.21. The first kappa shape index (κ1) is 12.1. The molecule has 0 bridgehead atoms. The molecule has 2 heteroatoms. The van der Waals surface area contributed by atoms with Crippen molar-refractivity contribution in [3.05, 3.63) is 29.3 Å². The van der Waals surface area contributed by atoms with Gasteiger partial charge in [-0.2, -0.15) is 0 Å². The summed E-state index contributed by atoms with van der Waals surface area (Å²) in [5, 5.41) is 0. The molecule has 0 saturated heterocycles. The maximum atomic E-state index is 5.78. The summed E-state index contributed by atoms with van der Waals surface area (Å²) in [5.41, 5.74) is 9.61. The Morgan fingerprint density at radius 3 is 2.00 bits per heavy atom. The van der Waals surface area contributed by atoms with Gasteiger partial charge in [-0.3, -0.25) is 0 Å². The minimum atomic E-state index is 0.000231. The monoisotopic (exact) mass is 206 g/mol. The molecule has 0 aliphatic rings. The summed E-state index contributed by atoms with van der Waals surface area (Å²) < 4.78 is 0. The molecule has 2 nitrogen and oxygen atoms in total. The lowest BCUT2D eigenvalue weighted by Gasteiger charge is -2.36.